The maximum Gasteiger partial charge on any atom is 0.253 e. The number of carbonyl (C=O) groups is 2. The van der Waals surface area contributed by atoms with Crippen molar-refractivity contribution in [2.75, 3.05) is 20.2 Å². The molecule has 35 heavy (non-hydrogen) atoms. The monoisotopic (exact) mass is 469 g/mol. The van der Waals surface area contributed by atoms with E-state index >= 15 is 0 Å². The quantitative estimate of drug-likeness (QED) is 0.579. The van der Waals surface area contributed by atoms with Crippen LogP contribution in [-0.4, -0.2) is 48.1 Å². The van der Waals surface area contributed by atoms with Crippen molar-refractivity contribution >= 4 is 11.8 Å². The van der Waals surface area contributed by atoms with Gasteiger partial charge in [0.1, 0.15) is 11.3 Å². The summed E-state index contributed by atoms with van der Waals surface area (Å²) in [7, 11) is 1.60. The van der Waals surface area contributed by atoms with Gasteiger partial charge in [0.25, 0.3) is 5.91 Å². The van der Waals surface area contributed by atoms with Gasteiger partial charge in [-0.25, -0.2) is 0 Å². The number of amides is 2. The van der Waals surface area contributed by atoms with Crippen LogP contribution in [0.4, 0.5) is 0 Å². The molecule has 0 radical (unpaired) electrons. The number of rotatable bonds is 6. The van der Waals surface area contributed by atoms with Crippen LogP contribution >= 0.6 is 0 Å². The number of piperidine rings is 1. The number of likely N-dealkylation sites (tertiary alicyclic amines) is 1. The average Bonchev–Trinajstić information content (AvgIpc) is 3.15. The largest absolute Gasteiger partial charge is 0.497 e. The van der Waals surface area contributed by atoms with Crippen molar-refractivity contribution in [2.24, 2.45) is 0 Å². The Morgan fingerprint density at radius 3 is 2.06 bits per heavy atom. The Morgan fingerprint density at radius 1 is 0.886 bits per heavy atom. The summed E-state index contributed by atoms with van der Waals surface area (Å²) in [6.07, 6.45) is 2.51. The molecule has 2 saturated heterocycles. The van der Waals surface area contributed by atoms with E-state index in [4.69, 9.17) is 4.74 Å². The van der Waals surface area contributed by atoms with Gasteiger partial charge in [0.2, 0.25) is 5.91 Å². The molecule has 0 unspecified atom stereocenters. The third-order valence-corrected chi connectivity index (χ3v) is 7.18. The summed E-state index contributed by atoms with van der Waals surface area (Å²) in [6.45, 7) is 1.13. The van der Waals surface area contributed by atoms with Gasteiger partial charge in [-0.15, -0.1) is 0 Å². The molecule has 0 bridgehead atoms. The Kier molecular flexibility index (Phi) is 6.31. The van der Waals surface area contributed by atoms with Gasteiger partial charge in [-0.2, -0.15) is 0 Å². The molecule has 2 aliphatic rings. The van der Waals surface area contributed by atoms with Gasteiger partial charge in [0.05, 0.1) is 12.8 Å². The third-order valence-electron chi connectivity index (χ3n) is 7.18. The topological polar surface area (TPSA) is 70.7 Å². The number of ether oxygens (including phenoxy) is 1. The van der Waals surface area contributed by atoms with Crippen molar-refractivity contribution in [3.8, 4) is 5.75 Å². The molecule has 3 aromatic carbocycles. The Hall–Kier alpha value is -3.64. The van der Waals surface area contributed by atoms with Crippen molar-refractivity contribution in [2.45, 2.75) is 36.9 Å². The van der Waals surface area contributed by atoms with Gasteiger partial charge in [-0.1, -0.05) is 66.7 Å². The zero-order valence-electron chi connectivity index (χ0n) is 20.0. The van der Waals surface area contributed by atoms with Crippen LogP contribution in [0.3, 0.4) is 0 Å². The molecule has 2 aliphatic heterocycles. The minimum absolute atomic E-state index is 0.0112. The van der Waals surface area contributed by atoms with Crippen molar-refractivity contribution in [3.63, 3.8) is 0 Å². The SMILES string of the molecule is COc1cccc(C(=O)N2CCC3(CC2)NC(=O)C(Cc2ccccc2)(Cc2ccccc2)N3)c1. The Labute approximate surface area is 206 Å². The summed E-state index contributed by atoms with van der Waals surface area (Å²) >= 11 is 0. The van der Waals surface area contributed by atoms with E-state index in [2.05, 4.69) is 34.9 Å². The van der Waals surface area contributed by atoms with E-state index in [1.807, 2.05) is 59.5 Å². The summed E-state index contributed by atoms with van der Waals surface area (Å²) in [5.41, 5.74) is 1.58. The minimum Gasteiger partial charge on any atom is -0.497 e. The number of hydrogen-bond acceptors (Lipinski definition) is 4. The van der Waals surface area contributed by atoms with Crippen LogP contribution < -0.4 is 15.4 Å². The molecule has 3 aromatic rings. The summed E-state index contributed by atoms with van der Waals surface area (Å²) in [4.78, 5) is 28.6. The molecule has 2 heterocycles. The van der Waals surface area contributed by atoms with Crippen molar-refractivity contribution < 1.29 is 14.3 Å². The van der Waals surface area contributed by atoms with Crippen LogP contribution in [0, 0.1) is 0 Å². The van der Waals surface area contributed by atoms with E-state index in [0.717, 1.165) is 11.1 Å². The van der Waals surface area contributed by atoms with Crippen molar-refractivity contribution in [1.82, 2.24) is 15.5 Å². The maximum absolute atomic E-state index is 13.6. The first-order valence-electron chi connectivity index (χ1n) is 12.1. The molecule has 2 fully saturated rings. The number of methoxy groups -OCH3 is 1. The van der Waals surface area contributed by atoms with Crippen LogP contribution in [0.5, 0.6) is 5.75 Å². The highest BCUT2D eigenvalue weighted by Gasteiger charge is 2.54. The molecule has 1 spiro atoms. The van der Waals surface area contributed by atoms with Crippen LogP contribution in [-0.2, 0) is 17.6 Å². The van der Waals surface area contributed by atoms with E-state index in [9.17, 15) is 9.59 Å². The number of carbonyl (C=O) groups excluding carboxylic acids is 2. The summed E-state index contributed by atoms with van der Waals surface area (Å²) in [6, 6.07) is 27.6. The van der Waals surface area contributed by atoms with Crippen LogP contribution in [0.2, 0.25) is 0 Å². The average molecular weight is 470 g/mol. The highest BCUT2D eigenvalue weighted by Crippen LogP contribution is 2.33. The first-order chi connectivity index (χ1) is 17.0. The van der Waals surface area contributed by atoms with E-state index in [1.54, 1.807) is 13.2 Å². The second-order valence-corrected chi connectivity index (χ2v) is 9.59. The summed E-state index contributed by atoms with van der Waals surface area (Å²) in [5.74, 6) is 0.682. The van der Waals surface area contributed by atoms with Gasteiger partial charge < -0.3 is 15.0 Å². The number of nitrogens with zero attached hydrogens (tertiary/aromatic N) is 1. The lowest BCUT2D eigenvalue weighted by Gasteiger charge is -2.41. The normalized spacial score (nSPS) is 18.3. The van der Waals surface area contributed by atoms with Crippen LogP contribution in [0.1, 0.15) is 34.3 Å². The smallest absolute Gasteiger partial charge is 0.253 e. The fourth-order valence-electron chi connectivity index (χ4n) is 5.36. The minimum atomic E-state index is -0.748. The summed E-state index contributed by atoms with van der Waals surface area (Å²) in [5, 5.41) is 7.08. The zero-order valence-corrected chi connectivity index (χ0v) is 20.0. The summed E-state index contributed by atoms with van der Waals surface area (Å²) < 4.78 is 5.27. The van der Waals surface area contributed by atoms with Crippen LogP contribution in [0.25, 0.3) is 0 Å². The molecule has 6 nitrogen and oxygen atoms in total. The second-order valence-electron chi connectivity index (χ2n) is 9.59. The van der Waals surface area contributed by atoms with Gasteiger partial charge >= 0.3 is 0 Å². The van der Waals surface area contributed by atoms with Gasteiger partial charge in [-0.3, -0.25) is 14.9 Å². The highest BCUT2D eigenvalue weighted by atomic mass is 16.5. The molecule has 0 aliphatic carbocycles. The number of hydrogen-bond donors (Lipinski definition) is 2. The predicted molar refractivity (Wildman–Crippen MR) is 135 cm³/mol. The maximum atomic E-state index is 13.6. The number of nitrogens with one attached hydrogen (secondary N) is 2. The highest BCUT2D eigenvalue weighted by molar-refractivity contribution is 5.95. The molecule has 6 heteroatoms. The molecule has 2 N–H and O–H groups in total. The first-order valence-corrected chi connectivity index (χ1v) is 12.1. The van der Waals surface area contributed by atoms with Gasteiger partial charge in [0.15, 0.2) is 0 Å². The fraction of sp³-hybridized carbons (Fsp3) is 0.310. The molecule has 180 valence electrons. The zero-order chi connectivity index (χ0) is 24.3. The lowest BCUT2D eigenvalue weighted by Crippen LogP contribution is -2.60. The third kappa shape index (κ3) is 4.80. The van der Waals surface area contributed by atoms with Crippen molar-refractivity contribution in [1.29, 1.82) is 0 Å². The van der Waals surface area contributed by atoms with Gasteiger partial charge in [0, 0.05) is 31.5 Å². The number of benzene rings is 3. The molecular weight excluding hydrogens is 438 g/mol. The van der Waals surface area contributed by atoms with E-state index in [0.29, 0.717) is 50.1 Å². The van der Waals surface area contributed by atoms with Crippen molar-refractivity contribution in [3.05, 3.63) is 102 Å². The molecule has 2 amide bonds. The lowest BCUT2D eigenvalue weighted by molar-refractivity contribution is -0.124. The second kappa shape index (κ2) is 9.55. The molecular formula is C29H31N3O3. The molecule has 0 atom stereocenters. The lowest BCUT2D eigenvalue weighted by atomic mass is 9.84. The van der Waals surface area contributed by atoms with E-state index in [-0.39, 0.29) is 11.8 Å². The molecule has 0 saturated carbocycles. The van der Waals surface area contributed by atoms with E-state index in [1.165, 1.54) is 0 Å². The first kappa shape index (κ1) is 23.1. The predicted octanol–water partition coefficient (Wildman–Crippen LogP) is 3.57. The fourth-order valence-corrected chi connectivity index (χ4v) is 5.36. The Bertz CT molecular complexity index is 1150. The Morgan fingerprint density at radius 2 is 1.49 bits per heavy atom. The Balaban J connectivity index is 1.35. The van der Waals surface area contributed by atoms with E-state index < -0.39 is 11.2 Å². The standard InChI is InChI=1S/C29H31N3O3/c1-35-25-14-8-13-24(19-25)26(33)32-17-15-29(16-18-32)30-27(34)28(31-29,20-22-9-4-2-5-10-22)21-23-11-6-3-7-12-23/h2-14,19,31H,15-18,20-21H2,1H3,(H,30,34). The molecule has 0 aromatic heterocycles. The van der Waals surface area contributed by atoms with Crippen LogP contribution in [0.15, 0.2) is 84.9 Å². The molecule has 5 rings (SSSR count). The van der Waals surface area contributed by atoms with Gasteiger partial charge in [-0.05, 0) is 42.2 Å².